The van der Waals surface area contributed by atoms with Gasteiger partial charge in [0.15, 0.2) is 0 Å². The fourth-order valence-corrected chi connectivity index (χ4v) is 4.86. The maximum atomic E-state index is 13.4. The zero-order chi connectivity index (χ0) is 29.3. The average Bonchev–Trinajstić information content (AvgIpc) is 3.61. The Morgan fingerprint density at radius 1 is 1.30 bits per heavy atom. The molecule has 40 heavy (non-hydrogen) atoms. The SMILES string of the molecule is CCC[C@@H](NC(=O)C1(C)CSC(/C(C)=N/OCCCNC(=O)OC(C)(C)C)=N1)c1cc(OCC2CC2)cc(=O)o1. The van der Waals surface area contributed by atoms with E-state index in [1.54, 1.807) is 40.7 Å². The molecule has 12 heteroatoms. The summed E-state index contributed by atoms with van der Waals surface area (Å²) in [6.07, 6.45) is 3.74. The number of oxime groups is 1. The summed E-state index contributed by atoms with van der Waals surface area (Å²) in [5.41, 5.74) is -1.50. The number of aliphatic imine (C=N–C) groups is 1. The lowest BCUT2D eigenvalue weighted by Crippen LogP contribution is -2.45. The minimum Gasteiger partial charge on any atom is -0.493 e. The molecule has 0 radical (unpaired) electrons. The van der Waals surface area contributed by atoms with Crippen LogP contribution in [-0.2, 0) is 14.4 Å². The van der Waals surface area contributed by atoms with E-state index in [2.05, 4.69) is 20.8 Å². The molecule has 2 N–H and O–H groups in total. The Hall–Kier alpha value is -3.02. The standard InChI is InChI=1S/C28H42N4O7S/c1-7-9-21(22-14-20(15-23(33)38-22)36-16-19-10-11-19)30-25(34)28(6)17-40-24(31-28)18(2)32-37-13-8-12-29-26(35)39-27(3,4)5/h14-15,19,21H,7-13,16-17H2,1-6H3,(H,29,35)(H,30,34)/b32-18+/t21-,28?/m1/s1. The Kier molecular flexibility index (Phi) is 11.1. The van der Waals surface area contributed by atoms with Crippen LogP contribution < -0.4 is 21.0 Å². The Labute approximate surface area is 239 Å². The Morgan fingerprint density at radius 3 is 2.73 bits per heavy atom. The van der Waals surface area contributed by atoms with Gasteiger partial charge >= 0.3 is 11.7 Å². The zero-order valence-corrected chi connectivity index (χ0v) is 25.2. The van der Waals surface area contributed by atoms with Crippen molar-refractivity contribution in [1.29, 1.82) is 0 Å². The van der Waals surface area contributed by atoms with Gasteiger partial charge in [-0.25, -0.2) is 9.59 Å². The normalized spacial score (nSPS) is 19.9. The molecule has 1 aromatic heterocycles. The second kappa shape index (κ2) is 14.0. The van der Waals surface area contributed by atoms with Crippen molar-refractivity contribution in [2.24, 2.45) is 16.1 Å². The van der Waals surface area contributed by atoms with E-state index >= 15 is 0 Å². The lowest BCUT2D eigenvalue weighted by atomic mass is 10.0. The number of amides is 2. The van der Waals surface area contributed by atoms with Gasteiger partial charge in [0.1, 0.15) is 40.0 Å². The summed E-state index contributed by atoms with van der Waals surface area (Å²) in [5.74, 6) is 1.56. The minimum absolute atomic E-state index is 0.262. The molecule has 2 heterocycles. The highest BCUT2D eigenvalue weighted by molar-refractivity contribution is 8.16. The third-order valence-electron chi connectivity index (χ3n) is 6.09. The number of carbonyl (C=O) groups is 2. The van der Waals surface area contributed by atoms with Gasteiger partial charge in [-0.05, 0) is 59.8 Å². The third-order valence-corrected chi connectivity index (χ3v) is 7.46. The number of hydrogen-bond donors (Lipinski definition) is 2. The van der Waals surface area contributed by atoms with Gasteiger partial charge in [0.05, 0.1) is 18.7 Å². The van der Waals surface area contributed by atoms with Gasteiger partial charge in [0.2, 0.25) is 5.91 Å². The first kappa shape index (κ1) is 31.5. The van der Waals surface area contributed by atoms with Gasteiger partial charge in [-0.3, -0.25) is 9.79 Å². The number of alkyl carbamates (subject to hydrolysis) is 1. The summed E-state index contributed by atoms with van der Waals surface area (Å²) < 4.78 is 16.4. The monoisotopic (exact) mass is 578 g/mol. The summed E-state index contributed by atoms with van der Waals surface area (Å²) in [6.45, 7) is 12.2. The number of ether oxygens (including phenoxy) is 2. The first-order valence-electron chi connectivity index (χ1n) is 13.8. The largest absolute Gasteiger partial charge is 0.493 e. The summed E-state index contributed by atoms with van der Waals surface area (Å²) >= 11 is 1.43. The van der Waals surface area contributed by atoms with Crippen LogP contribution in [0.25, 0.3) is 0 Å². The predicted molar refractivity (Wildman–Crippen MR) is 155 cm³/mol. The molecule has 2 amide bonds. The smallest absolute Gasteiger partial charge is 0.407 e. The molecule has 0 bridgehead atoms. The fraction of sp³-hybridized carbons (Fsp3) is 0.679. The highest BCUT2D eigenvalue weighted by Gasteiger charge is 2.40. The van der Waals surface area contributed by atoms with E-state index < -0.39 is 28.9 Å². The molecular formula is C28H42N4O7S. The number of nitrogens with zero attached hydrogens (tertiary/aromatic N) is 2. The van der Waals surface area contributed by atoms with Crippen LogP contribution >= 0.6 is 11.8 Å². The Bertz CT molecular complexity index is 1160. The first-order chi connectivity index (χ1) is 18.9. The van der Waals surface area contributed by atoms with Crippen LogP contribution in [0.2, 0.25) is 0 Å². The van der Waals surface area contributed by atoms with Gasteiger partial charge < -0.3 is 29.4 Å². The molecule has 1 saturated carbocycles. The van der Waals surface area contributed by atoms with Crippen LogP contribution in [0, 0.1) is 5.92 Å². The molecule has 0 saturated heterocycles. The molecule has 1 aliphatic carbocycles. The molecule has 11 nitrogen and oxygen atoms in total. The van der Waals surface area contributed by atoms with Gasteiger partial charge in [-0.2, -0.15) is 0 Å². The second-order valence-electron chi connectivity index (χ2n) is 11.4. The highest BCUT2D eigenvalue weighted by atomic mass is 32.2. The Balaban J connectivity index is 1.54. The van der Waals surface area contributed by atoms with Gasteiger partial charge in [0, 0.05) is 24.8 Å². The van der Waals surface area contributed by atoms with Crippen molar-refractivity contribution in [2.75, 3.05) is 25.5 Å². The molecule has 3 rings (SSSR count). The Morgan fingerprint density at radius 2 is 2.05 bits per heavy atom. The van der Waals surface area contributed by atoms with Crippen LogP contribution in [0.5, 0.6) is 5.75 Å². The van der Waals surface area contributed by atoms with Crippen LogP contribution in [0.1, 0.15) is 85.4 Å². The number of thioether (sulfide) groups is 1. The van der Waals surface area contributed by atoms with Gasteiger partial charge in [0.25, 0.3) is 0 Å². The molecule has 2 atom stereocenters. The van der Waals surface area contributed by atoms with E-state index in [1.165, 1.54) is 17.8 Å². The lowest BCUT2D eigenvalue weighted by molar-refractivity contribution is -0.125. The molecular weight excluding hydrogens is 536 g/mol. The molecule has 222 valence electrons. The van der Waals surface area contributed by atoms with Crippen molar-refractivity contribution in [3.63, 3.8) is 0 Å². The van der Waals surface area contributed by atoms with Gasteiger partial charge in [-0.15, -0.1) is 11.8 Å². The maximum absolute atomic E-state index is 13.4. The lowest BCUT2D eigenvalue weighted by Gasteiger charge is -2.24. The quantitative estimate of drug-likeness (QED) is 0.185. The zero-order valence-electron chi connectivity index (χ0n) is 24.3. The second-order valence-corrected chi connectivity index (χ2v) is 12.3. The molecule has 1 aromatic rings. The predicted octanol–water partition coefficient (Wildman–Crippen LogP) is 4.60. The van der Waals surface area contributed by atoms with E-state index in [-0.39, 0.29) is 5.91 Å². The summed E-state index contributed by atoms with van der Waals surface area (Å²) in [7, 11) is 0. The van der Waals surface area contributed by atoms with E-state index in [0.29, 0.717) is 66.5 Å². The third kappa shape index (κ3) is 10.2. The number of nitrogens with one attached hydrogen (secondary N) is 2. The first-order valence-corrected chi connectivity index (χ1v) is 14.8. The number of carbonyl (C=O) groups excluding carboxylic acids is 2. The van der Waals surface area contributed by atoms with E-state index in [0.717, 1.165) is 19.3 Å². The highest BCUT2D eigenvalue weighted by Crippen LogP contribution is 2.32. The van der Waals surface area contributed by atoms with Crippen molar-refractivity contribution in [2.45, 2.75) is 90.8 Å². The van der Waals surface area contributed by atoms with Crippen LogP contribution in [-0.4, -0.2) is 59.4 Å². The van der Waals surface area contributed by atoms with Crippen molar-refractivity contribution in [1.82, 2.24) is 10.6 Å². The molecule has 1 unspecified atom stereocenters. The van der Waals surface area contributed by atoms with Crippen molar-refractivity contribution in [3.05, 3.63) is 28.3 Å². The molecule has 0 aromatic carbocycles. The number of hydrogen-bond acceptors (Lipinski definition) is 10. The topological polar surface area (TPSA) is 141 Å². The summed E-state index contributed by atoms with van der Waals surface area (Å²) in [5, 5.41) is 10.5. The average molecular weight is 579 g/mol. The maximum Gasteiger partial charge on any atom is 0.407 e. The van der Waals surface area contributed by atoms with E-state index in [1.807, 2.05) is 6.92 Å². The fourth-order valence-electron chi connectivity index (χ4n) is 3.74. The van der Waals surface area contributed by atoms with Crippen molar-refractivity contribution in [3.8, 4) is 5.75 Å². The minimum atomic E-state index is -1.01. The summed E-state index contributed by atoms with van der Waals surface area (Å²) in [6, 6.07) is 2.55. The summed E-state index contributed by atoms with van der Waals surface area (Å²) in [4.78, 5) is 47.3. The molecule has 1 fully saturated rings. The van der Waals surface area contributed by atoms with E-state index in [9.17, 15) is 14.4 Å². The van der Waals surface area contributed by atoms with Crippen LogP contribution in [0.4, 0.5) is 4.79 Å². The van der Waals surface area contributed by atoms with Crippen LogP contribution in [0.3, 0.4) is 0 Å². The van der Waals surface area contributed by atoms with E-state index in [4.69, 9.17) is 18.7 Å². The van der Waals surface area contributed by atoms with Crippen molar-refractivity contribution >= 4 is 34.5 Å². The molecule has 0 spiro atoms. The molecule has 1 aliphatic heterocycles. The van der Waals surface area contributed by atoms with Crippen LogP contribution in [0.15, 0.2) is 31.5 Å². The van der Waals surface area contributed by atoms with Crippen molar-refractivity contribution < 1.29 is 28.3 Å². The number of rotatable bonds is 14. The molecule has 2 aliphatic rings. The van der Waals surface area contributed by atoms with Gasteiger partial charge in [-0.1, -0.05) is 18.5 Å².